The Kier molecular flexibility index (Phi) is 7.20. The van der Waals surface area contributed by atoms with E-state index < -0.39 is 6.43 Å². The highest BCUT2D eigenvalue weighted by Crippen LogP contribution is 2.34. The molecule has 0 bridgehead atoms. The van der Waals surface area contributed by atoms with Crippen LogP contribution in [0.25, 0.3) is 10.9 Å². The maximum absolute atomic E-state index is 13.5. The van der Waals surface area contributed by atoms with Crippen LogP contribution in [-0.4, -0.2) is 79.6 Å². The van der Waals surface area contributed by atoms with Crippen molar-refractivity contribution in [3.05, 3.63) is 36.0 Å². The lowest BCUT2D eigenvalue weighted by molar-refractivity contribution is -0.123. The van der Waals surface area contributed by atoms with Crippen LogP contribution in [0.4, 0.5) is 14.5 Å². The Morgan fingerprint density at radius 3 is 2.84 bits per heavy atom. The van der Waals surface area contributed by atoms with Gasteiger partial charge in [-0.3, -0.25) is 14.7 Å². The Morgan fingerprint density at radius 1 is 1.19 bits per heavy atom. The molecule has 1 amide bonds. The van der Waals surface area contributed by atoms with Crippen molar-refractivity contribution in [2.24, 2.45) is 5.92 Å². The predicted octanol–water partition coefficient (Wildman–Crippen LogP) is 3.14. The van der Waals surface area contributed by atoms with E-state index in [9.17, 15) is 13.6 Å². The van der Waals surface area contributed by atoms with Crippen molar-refractivity contribution in [3.63, 3.8) is 0 Å². The van der Waals surface area contributed by atoms with Crippen LogP contribution in [0.15, 0.2) is 30.5 Å². The van der Waals surface area contributed by atoms with Crippen molar-refractivity contribution < 1.29 is 13.6 Å². The van der Waals surface area contributed by atoms with E-state index >= 15 is 0 Å². The van der Waals surface area contributed by atoms with Crippen molar-refractivity contribution in [1.29, 1.82) is 0 Å². The van der Waals surface area contributed by atoms with Gasteiger partial charge in [0, 0.05) is 55.1 Å². The van der Waals surface area contributed by atoms with Gasteiger partial charge in [0.1, 0.15) is 0 Å². The molecule has 2 fully saturated rings. The van der Waals surface area contributed by atoms with Gasteiger partial charge in [-0.2, -0.15) is 0 Å². The zero-order chi connectivity index (χ0) is 22.7. The lowest BCUT2D eigenvalue weighted by Gasteiger charge is -2.39. The van der Waals surface area contributed by atoms with E-state index in [1.807, 2.05) is 6.07 Å². The minimum absolute atomic E-state index is 0.0300. The molecule has 0 aliphatic carbocycles. The van der Waals surface area contributed by atoms with Crippen molar-refractivity contribution in [2.75, 3.05) is 57.8 Å². The van der Waals surface area contributed by atoms with Gasteiger partial charge in [-0.15, -0.1) is 0 Å². The van der Waals surface area contributed by atoms with Crippen LogP contribution in [0.5, 0.6) is 0 Å². The molecule has 2 unspecified atom stereocenters. The van der Waals surface area contributed by atoms with E-state index in [-0.39, 0.29) is 17.5 Å². The van der Waals surface area contributed by atoms with Crippen LogP contribution in [0.2, 0.25) is 0 Å². The van der Waals surface area contributed by atoms with Crippen LogP contribution in [-0.2, 0) is 4.79 Å². The maximum atomic E-state index is 13.5. The van der Waals surface area contributed by atoms with Crippen molar-refractivity contribution in [2.45, 2.75) is 32.2 Å². The highest BCUT2D eigenvalue weighted by molar-refractivity contribution is 5.94. The first-order chi connectivity index (χ1) is 15.4. The lowest BCUT2D eigenvalue weighted by Crippen LogP contribution is -2.52. The number of nitrogens with one attached hydrogen (secondary N) is 1. The number of fused-ring (bicyclic) bond motifs is 1. The second-order valence-electron chi connectivity index (χ2n) is 9.32. The van der Waals surface area contributed by atoms with E-state index in [4.69, 9.17) is 0 Å². The molecule has 0 radical (unpaired) electrons. The molecule has 174 valence electrons. The third kappa shape index (κ3) is 5.35. The van der Waals surface area contributed by atoms with Gasteiger partial charge in [0.2, 0.25) is 5.91 Å². The second kappa shape index (κ2) is 10.1. The number of benzene rings is 1. The fourth-order valence-electron chi connectivity index (χ4n) is 5.02. The number of rotatable bonds is 5. The molecule has 8 heteroatoms. The number of nitrogens with zero attached hydrogens (tertiary/aromatic N) is 4. The Morgan fingerprint density at radius 2 is 2.03 bits per heavy atom. The van der Waals surface area contributed by atoms with E-state index in [1.165, 1.54) is 6.07 Å². The number of carbonyl (C=O) groups is 1. The SMILES string of the molecule is CC1CC(NC(=O)CN2CCCN(C)CC2)CN(c2ccc(C(F)F)c3ncccc23)C1. The summed E-state index contributed by atoms with van der Waals surface area (Å²) in [7, 11) is 2.12. The third-order valence-electron chi connectivity index (χ3n) is 6.56. The summed E-state index contributed by atoms with van der Waals surface area (Å²) >= 11 is 0. The summed E-state index contributed by atoms with van der Waals surface area (Å²) in [4.78, 5) is 23.8. The van der Waals surface area contributed by atoms with Crippen molar-refractivity contribution in [3.8, 4) is 0 Å². The number of hydrogen-bond acceptors (Lipinski definition) is 5. The Balaban J connectivity index is 1.46. The first-order valence-electron chi connectivity index (χ1n) is 11.5. The third-order valence-corrected chi connectivity index (χ3v) is 6.56. The summed E-state index contributed by atoms with van der Waals surface area (Å²) in [5.74, 6) is 0.440. The second-order valence-corrected chi connectivity index (χ2v) is 9.32. The summed E-state index contributed by atoms with van der Waals surface area (Å²) < 4.78 is 26.9. The molecule has 4 rings (SSSR count). The number of carbonyl (C=O) groups excluding carboxylic acids is 1. The topological polar surface area (TPSA) is 51.7 Å². The Hall–Kier alpha value is -2.32. The van der Waals surface area contributed by atoms with Gasteiger partial charge in [0.05, 0.1) is 12.1 Å². The molecule has 1 N–H and O–H groups in total. The maximum Gasteiger partial charge on any atom is 0.265 e. The van der Waals surface area contributed by atoms with Crippen LogP contribution in [0, 0.1) is 5.92 Å². The predicted molar refractivity (Wildman–Crippen MR) is 123 cm³/mol. The number of likely N-dealkylation sites (N-methyl/N-ethyl adjacent to an activating group) is 1. The zero-order valence-corrected chi connectivity index (χ0v) is 18.9. The number of aromatic nitrogens is 1. The van der Waals surface area contributed by atoms with Crippen LogP contribution >= 0.6 is 0 Å². The van der Waals surface area contributed by atoms with E-state index in [1.54, 1.807) is 18.3 Å². The number of amides is 1. The van der Waals surface area contributed by atoms with Crippen LogP contribution < -0.4 is 10.2 Å². The highest BCUT2D eigenvalue weighted by Gasteiger charge is 2.28. The fraction of sp³-hybridized carbons (Fsp3) is 0.583. The summed E-state index contributed by atoms with van der Waals surface area (Å²) in [5, 5.41) is 3.97. The first kappa shape index (κ1) is 22.9. The molecule has 1 aromatic carbocycles. The number of piperidine rings is 1. The molecular formula is C24H33F2N5O. The van der Waals surface area contributed by atoms with Gasteiger partial charge in [-0.1, -0.05) is 6.92 Å². The minimum atomic E-state index is -2.56. The number of pyridine rings is 1. The Labute approximate surface area is 188 Å². The average Bonchev–Trinajstić information content (AvgIpc) is 2.96. The van der Waals surface area contributed by atoms with Gasteiger partial charge in [0.25, 0.3) is 6.43 Å². The number of alkyl halides is 2. The first-order valence-corrected chi connectivity index (χ1v) is 11.5. The van der Waals surface area contributed by atoms with E-state index in [0.29, 0.717) is 24.5 Å². The van der Waals surface area contributed by atoms with Gasteiger partial charge in [-0.05, 0) is 63.2 Å². The van der Waals surface area contributed by atoms with Crippen molar-refractivity contribution >= 4 is 22.5 Å². The molecule has 2 atom stereocenters. The summed E-state index contributed by atoms with van der Waals surface area (Å²) in [5.41, 5.74) is 1.21. The largest absolute Gasteiger partial charge is 0.369 e. The molecule has 0 saturated carbocycles. The van der Waals surface area contributed by atoms with Crippen molar-refractivity contribution in [1.82, 2.24) is 20.1 Å². The standard InChI is InChI=1S/C24H33F2N5O/c1-17-13-18(28-22(32)16-30-10-4-9-29(2)11-12-30)15-31(14-17)21-7-6-20(24(25)26)23-19(21)5-3-8-27-23/h3,5-8,17-18,24H,4,9-16H2,1-2H3,(H,28,32). The van der Waals surface area contributed by atoms with Crippen LogP contribution in [0.3, 0.4) is 0 Å². The van der Waals surface area contributed by atoms with E-state index in [2.05, 4.69) is 39.0 Å². The number of anilines is 1. The molecule has 6 nitrogen and oxygen atoms in total. The molecule has 0 spiro atoms. The van der Waals surface area contributed by atoms with Gasteiger partial charge < -0.3 is 15.1 Å². The molecule has 2 saturated heterocycles. The summed E-state index contributed by atoms with van der Waals surface area (Å²) in [6.45, 7) is 7.99. The molecule has 2 aromatic rings. The molecular weight excluding hydrogens is 412 g/mol. The average molecular weight is 446 g/mol. The summed E-state index contributed by atoms with van der Waals surface area (Å²) in [6, 6.07) is 6.93. The smallest absolute Gasteiger partial charge is 0.265 e. The monoisotopic (exact) mass is 445 g/mol. The van der Waals surface area contributed by atoms with E-state index in [0.717, 1.165) is 56.6 Å². The number of halogens is 2. The molecule has 1 aromatic heterocycles. The lowest BCUT2D eigenvalue weighted by atomic mass is 9.94. The van der Waals surface area contributed by atoms with Gasteiger partial charge in [0.15, 0.2) is 0 Å². The Bertz CT molecular complexity index is 940. The quantitative estimate of drug-likeness (QED) is 0.766. The van der Waals surface area contributed by atoms with Crippen LogP contribution in [0.1, 0.15) is 31.8 Å². The molecule has 2 aliphatic rings. The minimum Gasteiger partial charge on any atom is -0.369 e. The molecule has 2 aliphatic heterocycles. The number of hydrogen-bond donors (Lipinski definition) is 1. The normalized spacial score (nSPS) is 23.5. The van der Waals surface area contributed by atoms with Gasteiger partial charge >= 0.3 is 0 Å². The molecule has 32 heavy (non-hydrogen) atoms. The fourth-order valence-corrected chi connectivity index (χ4v) is 5.02. The zero-order valence-electron chi connectivity index (χ0n) is 18.9. The highest BCUT2D eigenvalue weighted by atomic mass is 19.3. The summed E-state index contributed by atoms with van der Waals surface area (Å²) in [6.07, 6.45) is 0.984. The van der Waals surface area contributed by atoms with Gasteiger partial charge in [-0.25, -0.2) is 8.78 Å². The molecule has 3 heterocycles.